The molecule has 2 aliphatic rings. The van der Waals surface area contributed by atoms with E-state index in [1.807, 2.05) is 6.20 Å². The van der Waals surface area contributed by atoms with Gasteiger partial charge in [0.2, 0.25) is 5.91 Å². The molecule has 2 aromatic rings. The molecular weight excluding hydrogens is 348 g/mol. The van der Waals surface area contributed by atoms with E-state index >= 15 is 0 Å². The lowest BCUT2D eigenvalue weighted by Crippen LogP contribution is -2.47. The highest BCUT2D eigenvalue weighted by Gasteiger charge is 2.33. The Kier molecular flexibility index (Phi) is 5.49. The second-order valence-electron chi connectivity index (χ2n) is 7.84. The summed E-state index contributed by atoms with van der Waals surface area (Å²) in [5.41, 5.74) is 6.14. The van der Waals surface area contributed by atoms with Crippen molar-refractivity contribution in [2.45, 2.75) is 38.6 Å². The van der Waals surface area contributed by atoms with Gasteiger partial charge >= 0.3 is 0 Å². The Hall–Kier alpha value is -2.59. The topological polar surface area (TPSA) is 50.4 Å². The minimum Gasteiger partial charge on any atom is -0.383 e. The number of hydrogen-bond acceptors (Lipinski definition) is 3. The zero-order valence-corrected chi connectivity index (χ0v) is 16.6. The average Bonchev–Trinajstić information content (AvgIpc) is 2.72. The Balaban J connectivity index is 1.45. The van der Waals surface area contributed by atoms with Crippen molar-refractivity contribution in [3.05, 3.63) is 71.6 Å². The van der Waals surface area contributed by atoms with Crippen LogP contribution in [0.15, 0.2) is 60.4 Å². The highest BCUT2D eigenvalue weighted by Crippen LogP contribution is 2.36. The van der Waals surface area contributed by atoms with E-state index in [1.54, 1.807) is 0 Å². The molecule has 2 aromatic carbocycles. The molecule has 4 heteroatoms. The van der Waals surface area contributed by atoms with Gasteiger partial charge in [0.05, 0.1) is 0 Å². The van der Waals surface area contributed by atoms with Gasteiger partial charge in [0.15, 0.2) is 0 Å². The summed E-state index contributed by atoms with van der Waals surface area (Å²) in [4.78, 5) is 12.4. The maximum Gasteiger partial charge on any atom is 0.227 e. The van der Waals surface area contributed by atoms with Crippen molar-refractivity contribution in [1.29, 1.82) is 0 Å². The number of nitrogens with one attached hydrogen (secondary N) is 2. The van der Waals surface area contributed by atoms with Crippen LogP contribution in [0.25, 0.3) is 11.1 Å². The lowest BCUT2D eigenvalue weighted by molar-refractivity contribution is -0.126. The first-order chi connectivity index (χ1) is 13.6. The summed E-state index contributed by atoms with van der Waals surface area (Å²) < 4.78 is 5.34. The summed E-state index contributed by atoms with van der Waals surface area (Å²) in [5, 5.41) is 6.43. The van der Waals surface area contributed by atoms with E-state index in [0.29, 0.717) is 25.2 Å². The van der Waals surface area contributed by atoms with Gasteiger partial charge in [-0.15, -0.1) is 0 Å². The zero-order valence-electron chi connectivity index (χ0n) is 16.6. The predicted octanol–water partition coefficient (Wildman–Crippen LogP) is 4.12. The first kappa shape index (κ1) is 18.8. The van der Waals surface area contributed by atoms with Gasteiger partial charge in [-0.3, -0.25) is 4.79 Å². The molecule has 2 unspecified atom stereocenters. The van der Waals surface area contributed by atoms with Crippen molar-refractivity contribution in [3.8, 4) is 11.1 Å². The number of ether oxygens (including phenoxy) is 1. The number of carbonyl (C=O) groups is 1. The number of rotatable bonds is 4. The number of carbonyl (C=O) groups excluding carboxylic acids is 1. The Morgan fingerprint density at radius 3 is 2.50 bits per heavy atom. The van der Waals surface area contributed by atoms with Crippen molar-refractivity contribution in [1.82, 2.24) is 10.6 Å². The molecule has 146 valence electrons. The molecule has 0 radical (unpaired) electrons. The van der Waals surface area contributed by atoms with Gasteiger partial charge in [-0.1, -0.05) is 48.5 Å². The molecule has 0 saturated carbocycles. The molecule has 0 spiro atoms. The van der Waals surface area contributed by atoms with Crippen LogP contribution in [0, 0.1) is 12.8 Å². The van der Waals surface area contributed by atoms with E-state index in [-0.39, 0.29) is 11.8 Å². The van der Waals surface area contributed by atoms with Gasteiger partial charge in [-0.2, -0.15) is 0 Å². The van der Waals surface area contributed by atoms with Gasteiger partial charge in [-0.05, 0) is 48.9 Å². The summed E-state index contributed by atoms with van der Waals surface area (Å²) in [6, 6.07) is 17.6. The van der Waals surface area contributed by atoms with Crippen LogP contribution in [-0.2, 0) is 9.53 Å². The Labute approximate surface area is 167 Å². The summed E-state index contributed by atoms with van der Waals surface area (Å²) >= 11 is 0. The lowest BCUT2D eigenvalue weighted by Gasteiger charge is -2.40. The summed E-state index contributed by atoms with van der Waals surface area (Å²) in [6.45, 7) is 5.68. The van der Waals surface area contributed by atoms with Crippen LogP contribution in [0.3, 0.4) is 0 Å². The largest absolute Gasteiger partial charge is 0.383 e. The fourth-order valence-electron chi connectivity index (χ4n) is 4.20. The Bertz CT molecular complexity index is 866. The molecule has 2 aliphatic heterocycles. The summed E-state index contributed by atoms with van der Waals surface area (Å²) in [7, 11) is 0. The third-order valence-electron chi connectivity index (χ3n) is 5.92. The average molecular weight is 377 g/mol. The molecule has 1 amide bonds. The molecule has 2 N–H and O–H groups in total. The molecular formula is C24H28N2O2. The quantitative estimate of drug-likeness (QED) is 0.844. The summed E-state index contributed by atoms with van der Waals surface area (Å²) in [6.07, 6.45) is 3.48. The van der Waals surface area contributed by atoms with Crippen LogP contribution in [0.1, 0.15) is 36.8 Å². The van der Waals surface area contributed by atoms with Crippen molar-refractivity contribution in [3.63, 3.8) is 0 Å². The van der Waals surface area contributed by atoms with E-state index < -0.39 is 0 Å². The Morgan fingerprint density at radius 2 is 1.82 bits per heavy atom. The summed E-state index contributed by atoms with van der Waals surface area (Å²) in [5.74, 6) is 0.460. The van der Waals surface area contributed by atoms with E-state index in [4.69, 9.17) is 4.74 Å². The molecule has 0 aliphatic carbocycles. The van der Waals surface area contributed by atoms with Crippen LogP contribution in [-0.4, -0.2) is 25.2 Å². The van der Waals surface area contributed by atoms with Gasteiger partial charge in [0, 0.05) is 43.0 Å². The SMILES string of the molecule is Cc1ccccc1-c1ccc(C2/C(=C/NC(=O)C3CCOCC3)NC2C)cc1. The first-order valence-corrected chi connectivity index (χ1v) is 10.1. The second-order valence-corrected chi connectivity index (χ2v) is 7.84. The van der Waals surface area contributed by atoms with Gasteiger partial charge < -0.3 is 15.4 Å². The molecule has 2 saturated heterocycles. The van der Waals surface area contributed by atoms with Crippen LogP contribution < -0.4 is 10.6 Å². The van der Waals surface area contributed by atoms with Crippen molar-refractivity contribution in [2.75, 3.05) is 13.2 Å². The first-order valence-electron chi connectivity index (χ1n) is 10.1. The molecule has 2 heterocycles. The molecule has 4 rings (SSSR count). The Morgan fingerprint density at radius 1 is 1.11 bits per heavy atom. The minimum atomic E-state index is 0.0648. The number of amides is 1. The van der Waals surface area contributed by atoms with E-state index in [9.17, 15) is 4.79 Å². The highest BCUT2D eigenvalue weighted by atomic mass is 16.5. The molecule has 2 atom stereocenters. The molecule has 28 heavy (non-hydrogen) atoms. The minimum absolute atomic E-state index is 0.0648. The monoisotopic (exact) mass is 376 g/mol. The third kappa shape index (κ3) is 3.83. The van der Waals surface area contributed by atoms with Gasteiger partial charge in [0.25, 0.3) is 0 Å². The third-order valence-corrected chi connectivity index (χ3v) is 5.92. The number of benzene rings is 2. The van der Waals surface area contributed by atoms with Crippen molar-refractivity contribution < 1.29 is 9.53 Å². The molecule has 0 bridgehead atoms. The standard InChI is InChI=1S/C24H28N2O2/c1-16-5-3-4-6-21(16)18-7-9-19(10-8-18)23-17(2)26-22(23)15-25-24(27)20-11-13-28-14-12-20/h3-10,15,17,20,23,26H,11-14H2,1-2H3,(H,25,27)/b22-15-. The van der Waals surface area contributed by atoms with Crippen molar-refractivity contribution in [2.24, 2.45) is 5.92 Å². The number of aryl methyl sites for hydroxylation is 1. The van der Waals surface area contributed by atoms with E-state index in [0.717, 1.165) is 18.5 Å². The van der Waals surface area contributed by atoms with Crippen LogP contribution in [0.4, 0.5) is 0 Å². The maximum absolute atomic E-state index is 12.4. The fourth-order valence-corrected chi connectivity index (χ4v) is 4.20. The second kappa shape index (κ2) is 8.19. The van der Waals surface area contributed by atoms with E-state index in [1.165, 1.54) is 22.3 Å². The van der Waals surface area contributed by atoms with E-state index in [2.05, 4.69) is 73.0 Å². The normalized spacial score (nSPS) is 23.7. The van der Waals surface area contributed by atoms with Crippen LogP contribution >= 0.6 is 0 Å². The van der Waals surface area contributed by atoms with Gasteiger partial charge in [-0.25, -0.2) is 0 Å². The maximum atomic E-state index is 12.4. The van der Waals surface area contributed by atoms with Crippen molar-refractivity contribution >= 4 is 5.91 Å². The lowest BCUT2D eigenvalue weighted by atomic mass is 9.82. The molecule has 2 fully saturated rings. The van der Waals surface area contributed by atoms with Gasteiger partial charge in [0.1, 0.15) is 0 Å². The van der Waals surface area contributed by atoms with Crippen LogP contribution in [0.5, 0.6) is 0 Å². The zero-order chi connectivity index (χ0) is 19.5. The fraction of sp³-hybridized carbons (Fsp3) is 0.375. The number of hydrogen-bond donors (Lipinski definition) is 2. The molecule has 4 nitrogen and oxygen atoms in total. The highest BCUT2D eigenvalue weighted by molar-refractivity contribution is 5.79. The molecule has 0 aromatic heterocycles. The van der Waals surface area contributed by atoms with Crippen LogP contribution in [0.2, 0.25) is 0 Å². The predicted molar refractivity (Wildman–Crippen MR) is 112 cm³/mol. The smallest absolute Gasteiger partial charge is 0.227 e.